The largest absolute Gasteiger partial charge is 0.399 e. The zero-order valence-corrected chi connectivity index (χ0v) is 25.2. The number of hydrogen-bond donors (Lipinski definition) is 4. The molecule has 9 atom stereocenters. The lowest BCUT2D eigenvalue weighted by Gasteiger charge is -2.62. The molecule has 1 saturated heterocycles. The Morgan fingerprint density at radius 1 is 1.13 bits per heavy atom. The molecule has 2 aromatic rings. The maximum atomic E-state index is 17.5. The van der Waals surface area contributed by atoms with Gasteiger partial charge in [-0.1, -0.05) is 36.8 Å². The summed E-state index contributed by atoms with van der Waals surface area (Å²) in [7, 11) is 0. The van der Waals surface area contributed by atoms with Gasteiger partial charge >= 0.3 is 0 Å². The van der Waals surface area contributed by atoms with Crippen LogP contribution in [0.5, 0.6) is 0 Å². The van der Waals surface area contributed by atoms with Gasteiger partial charge in [-0.15, -0.1) is 0 Å². The number of amides is 1. The molecule has 4 fully saturated rings. The van der Waals surface area contributed by atoms with Crippen LogP contribution >= 0.6 is 0 Å². The maximum absolute atomic E-state index is 17.5. The number of rotatable bonds is 5. The van der Waals surface area contributed by atoms with Crippen molar-refractivity contribution in [1.29, 1.82) is 0 Å². The summed E-state index contributed by atoms with van der Waals surface area (Å²) >= 11 is 0. The molecule has 0 unspecified atom stereocenters. The predicted octanol–water partition coefficient (Wildman–Crippen LogP) is 4.22. The van der Waals surface area contributed by atoms with E-state index in [-0.39, 0.29) is 18.1 Å². The number of nitrogen functional groups attached to an aromatic ring is 1. The minimum absolute atomic E-state index is 0.0866. The van der Waals surface area contributed by atoms with Crippen LogP contribution in [0.15, 0.2) is 72.3 Å². The molecule has 0 radical (unpaired) electrons. The van der Waals surface area contributed by atoms with Crippen LogP contribution in [0.3, 0.4) is 0 Å². The van der Waals surface area contributed by atoms with Crippen LogP contribution < -0.4 is 11.1 Å². The third kappa shape index (κ3) is 4.02. The average Bonchev–Trinajstić information content (AvgIpc) is 3.51. The van der Waals surface area contributed by atoms with Crippen molar-refractivity contribution >= 4 is 28.8 Å². The van der Waals surface area contributed by atoms with Gasteiger partial charge < -0.3 is 30.7 Å². The van der Waals surface area contributed by atoms with Crippen LogP contribution in [0.4, 0.5) is 15.8 Å². The lowest BCUT2D eigenvalue weighted by atomic mass is 9.44. The molecule has 1 heterocycles. The van der Waals surface area contributed by atoms with E-state index in [4.69, 9.17) is 15.2 Å². The van der Waals surface area contributed by atoms with E-state index in [1.54, 1.807) is 61.5 Å². The molecule has 1 aliphatic heterocycles. The third-order valence-corrected chi connectivity index (χ3v) is 11.5. The number of anilines is 2. The normalized spacial score (nSPS) is 39.7. The Balaban J connectivity index is 1.17. The van der Waals surface area contributed by atoms with Crippen LogP contribution in [0.25, 0.3) is 0 Å². The molecular weight excluding hydrogens is 579 g/mol. The summed E-state index contributed by atoms with van der Waals surface area (Å²) in [5.74, 6) is -2.12. The maximum Gasteiger partial charge on any atom is 0.255 e. The van der Waals surface area contributed by atoms with Crippen LogP contribution in [0.2, 0.25) is 0 Å². The van der Waals surface area contributed by atoms with Gasteiger partial charge in [0.2, 0.25) is 0 Å². The van der Waals surface area contributed by atoms with Gasteiger partial charge in [0.05, 0.1) is 12.2 Å². The number of fused-ring (bicyclic) bond motifs is 7. The SMILES string of the molecule is C[C@]12C=CC(=O)C=C1CC[C@H]1[C@@H]3C[C@H]4O[C@@H](c5ccc(C(=O)Nc6cccc(N)c6)cc5)O[C@@]4(C(=O)CO)[C@@]3(C)C[C@H](O)[C@@]12F. The number of Topliss-reactive ketones (excluding diaryl/α,β-unsaturated/α-hetero) is 1. The Bertz CT molecular complexity index is 1660. The highest BCUT2D eigenvalue weighted by atomic mass is 19.1. The number of aliphatic hydroxyl groups is 2. The standard InChI is InChI=1S/C35H37FN2O7/c1-32-13-12-24(40)14-21(32)10-11-25-26-16-29-35(28(42)18-39,33(26,2)17-27(41)34(25,32)36)45-31(44-29)20-8-6-19(7-9-20)30(43)38-23-5-3-4-22(37)15-23/h3-9,12-15,25-27,29,31,39,41H,10-11,16-18,37H2,1-2H3,(H,38,43)/t25-,26-,27-,29+,31+,32-,33-,34-,35+/m0/s1. The fourth-order valence-corrected chi connectivity index (χ4v) is 9.33. The van der Waals surface area contributed by atoms with Crippen molar-refractivity contribution in [3.8, 4) is 0 Å². The molecule has 1 amide bonds. The second-order valence-corrected chi connectivity index (χ2v) is 13.6. The van der Waals surface area contributed by atoms with Gasteiger partial charge in [-0.25, -0.2) is 4.39 Å². The van der Waals surface area contributed by atoms with E-state index in [9.17, 15) is 24.6 Å². The lowest BCUT2D eigenvalue weighted by Crippen LogP contribution is -2.69. The average molecular weight is 617 g/mol. The topological polar surface area (TPSA) is 148 Å². The number of halogens is 1. The van der Waals surface area contributed by atoms with Gasteiger partial charge in [0.1, 0.15) is 6.61 Å². The van der Waals surface area contributed by atoms with Crippen molar-refractivity contribution in [3.05, 3.63) is 83.5 Å². The Labute approximate surface area is 260 Å². The zero-order chi connectivity index (χ0) is 31.9. The Morgan fingerprint density at radius 3 is 2.60 bits per heavy atom. The highest BCUT2D eigenvalue weighted by Gasteiger charge is 2.79. The summed E-state index contributed by atoms with van der Waals surface area (Å²) in [5.41, 5.74) is 2.64. The number of nitrogens with one attached hydrogen (secondary N) is 1. The lowest BCUT2D eigenvalue weighted by molar-refractivity contribution is -0.231. The Morgan fingerprint density at radius 2 is 1.89 bits per heavy atom. The number of ketones is 2. The summed E-state index contributed by atoms with van der Waals surface area (Å²) in [5, 5.41) is 24.7. The van der Waals surface area contributed by atoms with Gasteiger partial charge in [0, 0.05) is 39.2 Å². The molecule has 45 heavy (non-hydrogen) atoms. The molecule has 7 rings (SSSR count). The summed E-state index contributed by atoms with van der Waals surface area (Å²) in [4.78, 5) is 38.7. The van der Waals surface area contributed by atoms with Gasteiger partial charge in [-0.2, -0.15) is 0 Å². The number of carbonyl (C=O) groups is 3. The van der Waals surface area contributed by atoms with Gasteiger partial charge in [-0.05, 0) is 81.0 Å². The summed E-state index contributed by atoms with van der Waals surface area (Å²) in [6.07, 6.45) is 2.34. The van der Waals surface area contributed by atoms with Crippen LogP contribution in [-0.2, 0) is 19.1 Å². The van der Waals surface area contributed by atoms with E-state index in [0.717, 1.165) is 0 Å². The minimum Gasteiger partial charge on any atom is -0.399 e. The molecule has 9 nitrogen and oxygen atoms in total. The number of hydrogen-bond acceptors (Lipinski definition) is 8. The first-order valence-corrected chi connectivity index (χ1v) is 15.4. The van der Waals surface area contributed by atoms with Crippen LogP contribution in [-0.4, -0.2) is 57.8 Å². The minimum atomic E-state index is -2.07. The van der Waals surface area contributed by atoms with Crippen molar-refractivity contribution in [2.75, 3.05) is 17.7 Å². The van der Waals surface area contributed by atoms with E-state index in [0.29, 0.717) is 47.3 Å². The van der Waals surface area contributed by atoms with Crippen LogP contribution in [0, 0.1) is 22.7 Å². The third-order valence-electron chi connectivity index (χ3n) is 11.5. The molecule has 5 aliphatic rings. The molecule has 0 spiro atoms. The first kappa shape index (κ1) is 30.0. The number of aliphatic hydroxyl groups excluding tert-OH is 2. The quantitative estimate of drug-likeness (QED) is 0.365. The summed E-state index contributed by atoms with van der Waals surface area (Å²) < 4.78 is 30.5. The number of allylic oxidation sites excluding steroid dienone is 4. The summed E-state index contributed by atoms with van der Waals surface area (Å²) in [6, 6.07) is 13.5. The monoisotopic (exact) mass is 616 g/mol. The number of nitrogens with two attached hydrogens (primary N) is 1. The molecule has 236 valence electrons. The Kier molecular flexibility index (Phi) is 6.76. The van der Waals surface area contributed by atoms with E-state index in [1.807, 2.05) is 6.92 Å². The smallest absolute Gasteiger partial charge is 0.255 e. The van der Waals surface area contributed by atoms with Crippen molar-refractivity contribution < 1.29 is 38.5 Å². The fraction of sp³-hybridized carbons (Fsp3) is 0.457. The van der Waals surface area contributed by atoms with Crippen molar-refractivity contribution in [3.63, 3.8) is 0 Å². The second-order valence-electron chi connectivity index (χ2n) is 13.6. The van der Waals surface area contributed by atoms with Crippen LogP contribution in [0.1, 0.15) is 61.7 Å². The molecular formula is C35H37FN2O7. The highest BCUT2D eigenvalue weighted by molar-refractivity contribution is 6.04. The molecule has 0 bridgehead atoms. The second kappa shape index (κ2) is 10.2. The van der Waals surface area contributed by atoms with Crippen molar-refractivity contribution in [1.82, 2.24) is 0 Å². The molecule has 5 N–H and O–H groups in total. The zero-order valence-electron chi connectivity index (χ0n) is 25.2. The van der Waals surface area contributed by atoms with Gasteiger partial charge in [-0.3, -0.25) is 14.4 Å². The number of alkyl halides is 1. The predicted molar refractivity (Wildman–Crippen MR) is 163 cm³/mol. The summed E-state index contributed by atoms with van der Waals surface area (Å²) in [6.45, 7) is 2.79. The first-order chi connectivity index (χ1) is 21.4. The van der Waals surface area contributed by atoms with E-state index >= 15 is 4.39 Å². The van der Waals surface area contributed by atoms with Crippen molar-refractivity contribution in [2.45, 2.75) is 69.3 Å². The van der Waals surface area contributed by atoms with Gasteiger partial charge in [0.15, 0.2) is 29.1 Å². The van der Waals surface area contributed by atoms with Crippen molar-refractivity contribution in [2.24, 2.45) is 22.7 Å². The number of carbonyl (C=O) groups excluding carboxylic acids is 3. The first-order valence-electron chi connectivity index (χ1n) is 15.4. The molecule has 3 saturated carbocycles. The van der Waals surface area contributed by atoms with E-state index in [2.05, 4.69) is 5.32 Å². The molecule has 0 aromatic heterocycles. The van der Waals surface area contributed by atoms with E-state index < -0.39 is 64.8 Å². The van der Waals surface area contributed by atoms with Gasteiger partial charge in [0.25, 0.3) is 5.91 Å². The molecule has 2 aromatic carbocycles. The number of benzene rings is 2. The highest BCUT2D eigenvalue weighted by Crippen LogP contribution is 2.72. The number of ether oxygens (including phenoxy) is 2. The molecule has 4 aliphatic carbocycles. The molecule has 10 heteroatoms. The fourth-order valence-electron chi connectivity index (χ4n) is 9.33. The van der Waals surface area contributed by atoms with E-state index in [1.165, 1.54) is 12.2 Å². The Hall–Kier alpha value is -3.70.